The fraction of sp³-hybridized carbons (Fsp3) is 0.235. The van der Waals surface area contributed by atoms with E-state index in [1.165, 1.54) is 11.3 Å². The molecular weight excluding hydrogens is 346 g/mol. The molecule has 0 aliphatic rings. The molecule has 3 rings (SSSR count). The molecule has 0 radical (unpaired) electrons. The highest BCUT2D eigenvalue weighted by Gasteiger charge is 2.19. The second kappa shape index (κ2) is 6.75. The first-order valence-electron chi connectivity index (χ1n) is 7.56. The first-order chi connectivity index (χ1) is 11.5. The monoisotopic (exact) mass is 361 g/mol. The van der Waals surface area contributed by atoms with Crippen molar-refractivity contribution in [1.82, 2.24) is 9.55 Å². The average molecular weight is 362 g/mol. The van der Waals surface area contributed by atoms with Gasteiger partial charge in [-0.15, -0.1) is 11.3 Å². The topological polar surface area (TPSA) is 64.0 Å². The van der Waals surface area contributed by atoms with Crippen LogP contribution in [0.3, 0.4) is 0 Å². The Morgan fingerprint density at radius 3 is 2.71 bits per heavy atom. The zero-order valence-electron chi connectivity index (χ0n) is 13.3. The molecular formula is C17H16ClN3O2S. The number of halogens is 1. The van der Waals surface area contributed by atoms with E-state index in [4.69, 9.17) is 11.6 Å². The number of hydrogen-bond acceptors (Lipinski definition) is 4. The molecule has 0 bridgehead atoms. The third-order valence-electron chi connectivity index (χ3n) is 3.69. The van der Waals surface area contributed by atoms with Crippen molar-refractivity contribution in [1.29, 1.82) is 0 Å². The molecule has 7 heteroatoms. The maximum atomic E-state index is 12.6. The number of carbonyl (C=O) groups is 1. The van der Waals surface area contributed by atoms with Gasteiger partial charge in [-0.05, 0) is 43.2 Å². The van der Waals surface area contributed by atoms with E-state index in [9.17, 15) is 9.59 Å². The summed E-state index contributed by atoms with van der Waals surface area (Å²) in [4.78, 5) is 30.5. The quantitative estimate of drug-likeness (QED) is 0.761. The normalized spacial score (nSPS) is 11.0. The van der Waals surface area contributed by atoms with Crippen molar-refractivity contribution < 1.29 is 4.79 Å². The van der Waals surface area contributed by atoms with E-state index in [-0.39, 0.29) is 11.5 Å². The Kier molecular flexibility index (Phi) is 4.69. The molecule has 0 aliphatic carbocycles. The summed E-state index contributed by atoms with van der Waals surface area (Å²) in [6, 6.07) is 6.88. The molecule has 3 aromatic rings. The van der Waals surface area contributed by atoms with E-state index in [0.717, 1.165) is 6.42 Å². The van der Waals surface area contributed by atoms with Crippen molar-refractivity contribution >= 4 is 44.7 Å². The number of benzene rings is 1. The van der Waals surface area contributed by atoms with Crippen LogP contribution in [-0.4, -0.2) is 15.5 Å². The number of hydrogen-bond donors (Lipinski definition) is 1. The zero-order chi connectivity index (χ0) is 17.3. The first kappa shape index (κ1) is 16.7. The van der Waals surface area contributed by atoms with Crippen molar-refractivity contribution in [2.75, 3.05) is 5.32 Å². The molecule has 5 nitrogen and oxygen atoms in total. The Hall–Kier alpha value is -2.18. The van der Waals surface area contributed by atoms with Gasteiger partial charge in [0.2, 0.25) is 0 Å². The van der Waals surface area contributed by atoms with Crippen LogP contribution in [0.25, 0.3) is 10.2 Å². The smallest absolute Gasteiger partial charge is 0.266 e. The number of aryl methyl sites for hydroxylation is 2. The van der Waals surface area contributed by atoms with Crippen molar-refractivity contribution in [3.8, 4) is 0 Å². The Morgan fingerprint density at radius 2 is 2.04 bits per heavy atom. The van der Waals surface area contributed by atoms with Gasteiger partial charge in [0.25, 0.3) is 11.5 Å². The molecule has 0 saturated carbocycles. The number of amides is 1. The van der Waals surface area contributed by atoms with Crippen LogP contribution in [0, 0.1) is 6.92 Å². The van der Waals surface area contributed by atoms with Crippen molar-refractivity contribution in [2.24, 2.45) is 0 Å². The van der Waals surface area contributed by atoms with Crippen LogP contribution in [0.4, 0.5) is 5.69 Å². The van der Waals surface area contributed by atoms with Gasteiger partial charge in [-0.25, -0.2) is 4.98 Å². The van der Waals surface area contributed by atoms with E-state index >= 15 is 0 Å². The first-order valence-corrected chi connectivity index (χ1v) is 8.76. The Balaban J connectivity index is 1.99. The van der Waals surface area contributed by atoms with E-state index in [2.05, 4.69) is 10.3 Å². The average Bonchev–Trinajstić information content (AvgIpc) is 2.90. The Labute approximate surface area is 147 Å². The van der Waals surface area contributed by atoms with Crippen LogP contribution in [0.15, 0.2) is 35.4 Å². The molecule has 0 aliphatic heterocycles. The summed E-state index contributed by atoms with van der Waals surface area (Å²) in [6.07, 6.45) is 2.39. The number of carbonyl (C=O) groups excluding carboxylic acids is 1. The lowest BCUT2D eigenvalue weighted by atomic mass is 10.2. The van der Waals surface area contributed by atoms with Crippen molar-refractivity contribution in [3.05, 3.63) is 56.4 Å². The molecule has 2 heterocycles. The van der Waals surface area contributed by atoms with Gasteiger partial charge in [-0.3, -0.25) is 14.2 Å². The summed E-state index contributed by atoms with van der Waals surface area (Å²) in [6.45, 7) is 4.40. The van der Waals surface area contributed by atoms with E-state index in [1.54, 1.807) is 42.1 Å². The minimum absolute atomic E-state index is 0.0962. The standard InChI is InChI=1S/C17H16ClN3O2S/c1-3-8-21-9-19-16-13(17(21)23)10(2)14(24-16)15(22)20-12-6-4-11(18)5-7-12/h4-7,9H,3,8H2,1-2H3,(H,20,22). The SMILES string of the molecule is CCCn1cnc2sc(C(=O)Nc3ccc(Cl)cc3)c(C)c2c1=O. The fourth-order valence-corrected chi connectivity index (χ4v) is 3.66. The molecule has 1 aromatic carbocycles. The molecule has 0 unspecified atom stereocenters. The maximum Gasteiger partial charge on any atom is 0.266 e. The summed E-state index contributed by atoms with van der Waals surface area (Å²) in [5, 5.41) is 3.95. The molecule has 0 saturated heterocycles. The number of aromatic nitrogens is 2. The van der Waals surface area contributed by atoms with Crippen molar-refractivity contribution in [3.63, 3.8) is 0 Å². The van der Waals surface area contributed by atoms with Gasteiger partial charge >= 0.3 is 0 Å². The number of anilines is 1. The van der Waals surface area contributed by atoms with Gasteiger partial charge in [-0.1, -0.05) is 18.5 Å². The predicted octanol–water partition coefficient (Wildman–Crippen LogP) is 4.08. The lowest BCUT2D eigenvalue weighted by molar-refractivity contribution is 0.103. The molecule has 0 spiro atoms. The molecule has 2 aromatic heterocycles. The van der Waals surface area contributed by atoms with Gasteiger partial charge in [0.1, 0.15) is 4.83 Å². The number of nitrogens with one attached hydrogen (secondary N) is 1. The van der Waals surface area contributed by atoms with Crippen LogP contribution < -0.4 is 10.9 Å². The third kappa shape index (κ3) is 3.07. The minimum Gasteiger partial charge on any atom is -0.321 e. The Bertz CT molecular complexity index is 960. The van der Waals surface area contributed by atoms with Crippen LogP contribution in [-0.2, 0) is 6.54 Å². The highest BCUT2D eigenvalue weighted by Crippen LogP contribution is 2.27. The molecule has 0 atom stereocenters. The predicted molar refractivity (Wildman–Crippen MR) is 98.3 cm³/mol. The van der Waals surface area contributed by atoms with E-state index < -0.39 is 0 Å². The highest BCUT2D eigenvalue weighted by atomic mass is 35.5. The third-order valence-corrected chi connectivity index (χ3v) is 5.14. The number of thiophene rings is 1. The summed E-state index contributed by atoms with van der Waals surface area (Å²) in [7, 11) is 0. The highest BCUT2D eigenvalue weighted by molar-refractivity contribution is 7.20. The lowest BCUT2D eigenvalue weighted by Gasteiger charge is -2.04. The second-order valence-electron chi connectivity index (χ2n) is 5.44. The molecule has 1 amide bonds. The van der Waals surface area contributed by atoms with Gasteiger partial charge in [0, 0.05) is 17.3 Å². The van der Waals surface area contributed by atoms with Crippen LogP contribution in [0.5, 0.6) is 0 Å². The van der Waals surface area contributed by atoms with Gasteiger partial charge in [0.05, 0.1) is 16.6 Å². The summed E-state index contributed by atoms with van der Waals surface area (Å²) in [5.74, 6) is -0.251. The number of rotatable bonds is 4. The van der Waals surface area contributed by atoms with Crippen LogP contribution in [0.1, 0.15) is 28.6 Å². The molecule has 124 valence electrons. The minimum atomic E-state index is -0.251. The fourth-order valence-electron chi connectivity index (χ4n) is 2.50. The molecule has 0 fully saturated rings. The molecule has 1 N–H and O–H groups in total. The largest absolute Gasteiger partial charge is 0.321 e. The number of nitrogens with zero attached hydrogens (tertiary/aromatic N) is 2. The zero-order valence-corrected chi connectivity index (χ0v) is 14.9. The summed E-state index contributed by atoms with van der Waals surface area (Å²) >= 11 is 7.08. The van der Waals surface area contributed by atoms with Gasteiger partial charge in [-0.2, -0.15) is 0 Å². The second-order valence-corrected chi connectivity index (χ2v) is 6.88. The maximum absolute atomic E-state index is 12.6. The number of fused-ring (bicyclic) bond motifs is 1. The summed E-state index contributed by atoms with van der Waals surface area (Å²) in [5.41, 5.74) is 1.23. The van der Waals surface area contributed by atoms with Crippen LogP contribution >= 0.6 is 22.9 Å². The van der Waals surface area contributed by atoms with Gasteiger partial charge in [0.15, 0.2) is 0 Å². The van der Waals surface area contributed by atoms with Crippen molar-refractivity contribution in [2.45, 2.75) is 26.8 Å². The lowest BCUT2D eigenvalue weighted by Crippen LogP contribution is -2.20. The van der Waals surface area contributed by atoms with Gasteiger partial charge < -0.3 is 5.32 Å². The van der Waals surface area contributed by atoms with E-state index in [1.807, 2.05) is 6.92 Å². The van der Waals surface area contributed by atoms with E-state index in [0.29, 0.717) is 37.9 Å². The molecule has 24 heavy (non-hydrogen) atoms. The summed E-state index contributed by atoms with van der Waals surface area (Å²) < 4.78 is 1.59. The Morgan fingerprint density at radius 1 is 1.33 bits per heavy atom. The van der Waals surface area contributed by atoms with Crippen LogP contribution in [0.2, 0.25) is 5.02 Å².